The molecular formula is C37H38F2N4O4. The van der Waals surface area contributed by atoms with Crippen LogP contribution in [0.1, 0.15) is 57.2 Å². The average Bonchev–Trinajstić information content (AvgIpc) is 3.49. The number of nitrogens with one attached hydrogen (secondary N) is 1. The summed E-state index contributed by atoms with van der Waals surface area (Å²) >= 11 is 0. The molecule has 244 valence electrons. The second-order valence-electron chi connectivity index (χ2n) is 13.1. The van der Waals surface area contributed by atoms with Crippen molar-refractivity contribution in [2.75, 3.05) is 24.5 Å². The molecule has 1 aromatic heterocycles. The van der Waals surface area contributed by atoms with Gasteiger partial charge < -0.3 is 14.5 Å². The molecule has 0 radical (unpaired) electrons. The molecule has 6 rings (SSSR count). The summed E-state index contributed by atoms with van der Waals surface area (Å²) in [6.45, 7) is 8.66. The third kappa shape index (κ3) is 6.91. The summed E-state index contributed by atoms with van der Waals surface area (Å²) < 4.78 is 41.7. The number of aromatic nitrogens is 2. The second-order valence-corrected chi connectivity index (χ2v) is 13.1. The van der Waals surface area contributed by atoms with E-state index in [0.717, 1.165) is 34.0 Å². The van der Waals surface area contributed by atoms with Crippen LogP contribution in [0.25, 0.3) is 22.2 Å². The molecule has 1 N–H and O–H groups in total. The number of carbonyl (C=O) groups is 1. The summed E-state index contributed by atoms with van der Waals surface area (Å²) in [5.41, 5.74) is 1.25. The van der Waals surface area contributed by atoms with E-state index < -0.39 is 29.1 Å². The molecule has 2 heterocycles. The number of carbonyl (C=O) groups excluding carboxylic acids is 1. The Morgan fingerprint density at radius 2 is 1.72 bits per heavy atom. The maximum absolute atomic E-state index is 15.6. The van der Waals surface area contributed by atoms with Crippen molar-refractivity contribution in [3.63, 3.8) is 0 Å². The number of fused-ring (bicyclic) bond motifs is 1. The van der Waals surface area contributed by atoms with Crippen LogP contribution in [0.4, 0.5) is 19.3 Å². The maximum Gasteiger partial charge on any atom is 0.439 e. The minimum Gasteiger partial charge on any atom is -0.444 e. The van der Waals surface area contributed by atoms with Gasteiger partial charge in [0, 0.05) is 31.1 Å². The van der Waals surface area contributed by atoms with Gasteiger partial charge in [0.05, 0.1) is 6.04 Å². The predicted octanol–water partition coefficient (Wildman–Crippen LogP) is 8.07. The smallest absolute Gasteiger partial charge is 0.439 e. The largest absolute Gasteiger partial charge is 0.444 e. The summed E-state index contributed by atoms with van der Waals surface area (Å²) in [4.78, 5) is 31.2. The number of nitrogens with zero attached hydrogens (tertiary/aromatic N) is 3. The number of benzene rings is 4. The highest BCUT2D eigenvalue weighted by atomic mass is 19.1. The van der Waals surface area contributed by atoms with Crippen molar-refractivity contribution in [1.29, 1.82) is 0 Å². The summed E-state index contributed by atoms with van der Waals surface area (Å²) in [5, 5.41) is 5.71. The third-order valence-corrected chi connectivity index (χ3v) is 8.83. The fourth-order valence-corrected chi connectivity index (χ4v) is 6.61. The molecule has 5 aromatic rings. The highest BCUT2D eigenvalue weighted by molar-refractivity contribution is 5.86. The second kappa shape index (κ2) is 13.0. The molecule has 10 heteroatoms. The molecular weight excluding hydrogens is 602 g/mol. The molecule has 0 spiro atoms. The molecule has 47 heavy (non-hydrogen) atoms. The highest BCUT2D eigenvalue weighted by Crippen LogP contribution is 2.40. The van der Waals surface area contributed by atoms with E-state index in [4.69, 9.17) is 4.74 Å². The molecule has 0 bridgehead atoms. The zero-order valence-electron chi connectivity index (χ0n) is 26.9. The van der Waals surface area contributed by atoms with E-state index in [2.05, 4.69) is 32.9 Å². The maximum atomic E-state index is 15.6. The average molecular weight is 641 g/mol. The van der Waals surface area contributed by atoms with Gasteiger partial charge in [-0.05, 0) is 74.1 Å². The van der Waals surface area contributed by atoms with Crippen molar-refractivity contribution in [1.82, 2.24) is 15.0 Å². The van der Waals surface area contributed by atoms with Gasteiger partial charge in [-0.15, -0.1) is 0 Å². The van der Waals surface area contributed by atoms with Crippen LogP contribution in [0.2, 0.25) is 0 Å². The van der Waals surface area contributed by atoms with Crippen LogP contribution in [0, 0.1) is 17.6 Å². The summed E-state index contributed by atoms with van der Waals surface area (Å²) in [6, 6.07) is 26.1. The zero-order valence-corrected chi connectivity index (χ0v) is 26.9. The molecule has 1 amide bonds. The van der Waals surface area contributed by atoms with E-state index in [9.17, 15) is 9.59 Å². The normalized spacial score (nSPS) is 17.4. The van der Waals surface area contributed by atoms with Crippen LogP contribution < -0.4 is 10.7 Å². The van der Waals surface area contributed by atoms with Crippen molar-refractivity contribution >= 4 is 22.6 Å². The Bertz CT molecular complexity index is 1910. The predicted molar refractivity (Wildman–Crippen MR) is 177 cm³/mol. The molecule has 0 saturated carbocycles. The monoisotopic (exact) mass is 640 g/mol. The van der Waals surface area contributed by atoms with E-state index in [1.807, 2.05) is 82.3 Å². The van der Waals surface area contributed by atoms with Crippen LogP contribution in [0.3, 0.4) is 0 Å². The molecule has 4 aromatic carbocycles. The fourth-order valence-electron chi connectivity index (χ4n) is 6.61. The van der Waals surface area contributed by atoms with Gasteiger partial charge in [0.15, 0.2) is 5.82 Å². The Morgan fingerprint density at radius 3 is 2.40 bits per heavy atom. The fraction of sp³-hybridized carbons (Fsp3) is 0.324. The first kappa shape index (κ1) is 32.0. The number of rotatable bonds is 7. The van der Waals surface area contributed by atoms with Crippen molar-refractivity contribution in [2.45, 2.75) is 51.7 Å². The molecule has 1 aliphatic heterocycles. The first-order valence-corrected chi connectivity index (χ1v) is 15.8. The van der Waals surface area contributed by atoms with Gasteiger partial charge >= 0.3 is 11.8 Å². The van der Waals surface area contributed by atoms with Gasteiger partial charge in [0.25, 0.3) is 0 Å². The molecule has 0 aliphatic carbocycles. The highest BCUT2D eigenvalue weighted by Gasteiger charge is 2.37. The summed E-state index contributed by atoms with van der Waals surface area (Å²) in [5.74, 6) is -2.59. The van der Waals surface area contributed by atoms with Crippen molar-refractivity contribution < 1.29 is 22.8 Å². The van der Waals surface area contributed by atoms with E-state index >= 15 is 8.78 Å². The van der Waals surface area contributed by atoms with Crippen LogP contribution >= 0.6 is 0 Å². The van der Waals surface area contributed by atoms with Gasteiger partial charge in [0.2, 0.25) is 0 Å². The zero-order chi connectivity index (χ0) is 33.3. The van der Waals surface area contributed by atoms with Gasteiger partial charge in [-0.3, -0.25) is 9.51 Å². The van der Waals surface area contributed by atoms with Crippen molar-refractivity contribution in [2.24, 2.45) is 5.92 Å². The first-order chi connectivity index (χ1) is 22.5. The molecule has 8 nitrogen and oxygen atoms in total. The van der Waals surface area contributed by atoms with Crippen LogP contribution in [-0.4, -0.2) is 46.4 Å². The molecule has 1 saturated heterocycles. The molecule has 1 aliphatic rings. The molecule has 3 atom stereocenters. The Hall–Kier alpha value is -4.99. The number of hydrogen-bond acceptors (Lipinski definition) is 6. The minimum atomic E-state index is -0.812. The first-order valence-electron chi connectivity index (χ1n) is 15.8. The molecule has 1 fully saturated rings. The Kier molecular flexibility index (Phi) is 8.86. The van der Waals surface area contributed by atoms with Crippen LogP contribution in [-0.2, 0) is 4.74 Å². The Labute approximate surface area is 271 Å². The lowest BCUT2D eigenvalue weighted by atomic mass is 9.79. The van der Waals surface area contributed by atoms with Gasteiger partial charge in [0.1, 0.15) is 22.9 Å². The van der Waals surface area contributed by atoms with Crippen molar-refractivity contribution in [3.8, 4) is 11.4 Å². The van der Waals surface area contributed by atoms with Gasteiger partial charge in [-0.2, -0.15) is 0 Å². The van der Waals surface area contributed by atoms with E-state index in [0.29, 0.717) is 26.1 Å². The van der Waals surface area contributed by atoms with Crippen LogP contribution in [0.15, 0.2) is 94.2 Å². The number of anilines is 1. The van der Waals surface area contributed by atoms with E-state index in [1.165, 1.54) is 0 Å². The number of amides is 1. The quantitative estimate of drug-likeness (QED) is 0.194. The minimum absolute atomic E-state index is 0.0378. The van der Waals surface area contributed by atoms with Gasteiger partial charge in [-0.1, -0.05) is 78.0 Å². The van der Waals surface area contributed by atoms with Gasteiger partial charge in [-0.25, -0.2) is 18.4 Å². The SMILES string of the molecule is C[C@H](c1cccc2ccccc12)N(CC1CCN(c2c(F)cc(-c3noc(=O)[nH]3)cc2F)CC1c1ccccc1)C(=O)OC(C)(C)C. The van der Waals surface area contributed by atoms with Crippen LogP contribution in [0.5, 0.6) is 0 Å². The number of ether oxygens (including phenoxy) is 1. The van der Waals surface area contributed by atoms with E-state index in [1.54, 1.807) is 9.80 Å². The topological polar surface area (TPSA) is 91.7 Å². The lowest BCUT2D eigenvalue weighted by Gasteiger charge is -2.43. The van der Waals surface area contributed by atoms with E-state index in [-0.39, 0.29) is 35.0 Å². The number of hydrogen-bond donors (Lipinski definition) is 1. The summed E-state index contributed by atoms with van der Waals surface area (Å²) in [6.07, 6.45) is 0.156. The lowest BCUT2D eigenvalue weighted by molar-refractivity contribution is 0.0121. The summed E-state index contributed by atoms with van der Waals surface area (Å²) in [7, 11) is 0. The standard InChI is InChI=1S/C37H38F2N4O4/c1-23(28-16-10-14-24-13-8-9-15-29(24)28)43(36(45)46-37(2,3)4)21-26-17-18-42(22-30(26)25-11-6-5-7-12-25)33-31(38)19-27(20-32(33)39)34-40-35(44)47-41-34/h5-16,19-20,23,26,30H,17-18,21-22H2,1-4H3,(H,40,41,44)/t23-,26?,30?/m1/s1. The number of halogens is 2. The van der Waals surface area contributed by atoms with Crippen molar-refractivity contribution in [3.05, 3.63) is 118 Å². The third-order valence-electron chi connectivity index (χ3n) is 8.83. The number of piperidine rings is 1. The number of aromatic amines is 1. The number of H-pyrrole nitrogens is 1. The Morgan fingerprint density at radius 1 is 1.04 bits per heavy atom. The molecule has 2 unspecified atom stereocenters. The Balaban J connectivity index is 1.33. The lowest BCUT2D eigenvalue weighted by Crippen LogP contribution is -2.47.